The fraction of sp³-hybridized carbons (Fsp3) is 1.00. The Balaban J connectivity index is 1.62. The summed E-state index contributed by atoms with van der Waals surface area (Å²) >= 11 is 0. The van der Waals surface area contributed by atoms with Crippen LogP contribution in [0.3, 0.4) is 0 Å². The topological polar surface area (TPSA) is 9.23 Å². The summed E-state index contributed by atoms with van der Waals surface area (Å²) in [4.78, 5) is 0. The van der Waals surface area contributed by atoms with Crippen LogP contribution in [0, 0.1) is 0 Å². The second kappa shape index (κ2) is 10.3. The third kappa shape index (κ3) is 5.08. The van der Waals surface area contributed by atoms with Gasteiger partial charge in [-0.1, -0.05) is 128 Å². The molecule has 0 amide bonds. The van der Waals surface area contributed by atoms with Gasteiger partial charge in [-0.15, -0.1) is 0 Å². The first-order valence-electron chi connectivity index (χ1n) is 13.8. The molecular formula is C26H50OSi2. The van der Waals surface area contributed by atoms with Crippen molar-refractivity contribution in [1.29, 1.82) is 0 Å². The average Bonchev–Trinajstić information content (AvgIpc) is 2.81. The lowest BCUT2D eigenvalue weighted by Gasteiger charge is -2.54. The SMILES string of the molecule is C[Si](O[Si](C)(C1CCCCC1)C1CCCCC1)(C1CCCCC1)C1CCCCC1. The molecule has 0 N–H and O–H groups in total. The van der Waals surface area contributed by atoms with Crippen molar-refractivity contribution >= 4 is 16.6 Å². The Morgan fingerprint density at radius 1 is 0.379 bits per heavy atom. The molecule has 29 heavy (non-hydrogen) atoms. The van der Waals surface area contributed by atoms with Crippen molar-refractivity contribution in [1.82, 2.24) is 0 Å². The summed E-state index contributed by atoms with van der Waals surface area (Å²) in [6, 6.07) is 0. The molecule has 168 valence electrons. The van der Waals surface area contributed by atoms with Gasteiger partial charge in [-0.3, -0.25) is 0 Å². The summed E-state index contributed by atoms with van der Waals surface area (Å²) in [6.45, 7) is 5.58. The van der Waals surface area contributed by atoms with Gasteiger partial charge in [0.25, 0.3) is 0 Å². The minimum absolute atomic E-state index is 0.985. The van der Waals surface area contributed by atoms with Gasteiger partial charge in [0.15, 0.2) is 16.6 Å². The van der Waals surface area contributed by atoms with E-state index in [4.69, 9.17) is 4.12 Å². The van der Waals surface area contributed by atoms with Crippen molar-refractivity contribution in [3.63, 3.8) is 0 Å². The Morgan fingerprint density at radius 3 is 0.793 bits per heavy atom. The second-order valence-electron chi connectivity index (χ2n) is 11.8. The smallest absolute Gasteiger partial charge is 0.182 e. The highest BCUT2D eigenvalue weighted by Gasteiger charge is 2.54. The van der Waals surface area contributed by atoms with E-state index in [2.05, 4.69) is 13.1 Å². The van der Waals surface area contributed by atoms with Gasteiger partial charge in [-0.2, -0.15) is 0 Å². The Labute approximate surface area is 184 Å². The first-order valence-corrected chi connectivity index (χ1v) is 19.0. The maximum Gasteiger partial charge on any atom is 0.182 e. The van der Waals surface area contributed by atoms with Crippen LogP contribution in [0.15, 0.2) is 0 Å². The van der Waals surface area contributed by atoms with E-state index >= 15 is 0 Å². The highest BCUT2D eigenvalue weighted by molar-refractivity contribution is 6.88. The van der Waals surface area contributed by atoms with Crippen LogP contribution in [0.25, 0.3) is 0 Å². The summed E-state index contributed by atoms with van der Waals surface area (Å²) in [7, 11) is -3.38. The van der Waals surface area contributed by atoms with Crippen LogP contribution in [0.5, 0.6) is 0 Å². The minimum Gasteiger partial charge on any atom is -0.454 e. The van der Waals surface area contributed by atoms with Crippen LogP contribution < -0.4 is 0 Å². The minimum atomic E-state index is -1.69. The molecule has 4 saturated carbocycles. The lowest BCUT2D eigenvalue weighted by molar-refractivity contribution is 0.343. The molecule has 0 aromatic rings. The lowest BCUT2D eigenvalue weighted by atomic mass is 9.99. The second-order valence-corrected chi connectivity index (χ2v) is 20.6. The van der Waals surface area contributed by atoms with E-state index in [1.165, 1.54) is 128 Å². The van der Waals surface area contributed by atoms with E-state index in [0.717, 1.165) is 22.2 Å². The third-order valence-electron chi connectivity index (χ3n) is 10.1. The Hall–Kier alpha value is 0.394. The first kappa shape index (κ1) is 22.6. The maximum atomic E-state index is 8.06. The van der Waals surface area contributed by atoms with Crippen molar-refractivity contribution in [3.05, 3.63) is 0 Å². The van der Waals surface area contributed by atoms with Crippen LogP contribution in [0.1, 0.15) is 128 Å². The number of hydrogen-bond acceptors (Lipinski definition) is 1. The Kier molecular flexibility index (Phi) is 8.05. The van der Waals surface area contributed by atoms with Gasteiger partial charge < -0.3 is 4.12 Å². The van der Waals surface area contributed by atoms with Crippen LogP contribution in [-0.4, -0.2) is 16.6 Å². The molecule has 0 heterocycles. The van der Waals surface area contributed by atoms with Gasteiger partial charge in [0.05, 0.1) is 0 Å². The van der Waals surface area contributed by atoms with Gasteiger partial charge in [0.2, 0.25) is 0 Å². The number of hydrogen-bond donors (Lipinski definition) is 0. The molecule has 4 aliphatic carbocycles. The summed E-state index contributed by atoms with van der Waals surface area (Å²) in [5.41, 5.74) is 3.94. The standard InChI is InChI=1S/C26H50OSi2/c1-28(23-15-7-3-8-16-23,24-17-9-4-10-18-24)27-29(2,25-19-11-5-12-20-25)26-21-13-6-14-22-26/h23-26H,3-22H2,1-2H3. The van der Waals surface area contributed by atoms with Crippen LogP contribution in [-0.2, 0) is 4.12 Å². The predicted molar refractivity (Wildman–Crippen MR) is 132 cm³/mol. The molecule has 0 spiro atoms. The summed E-state index contributed by atoms with van der Waals surface area (Å²) < 4.78 is 8.06. The molecule has 4 fully saturated rings. The monoisotopic (exact) mass is 434 g/mol. The van der Waals surface area contributed by atoms with Crippen LogP contribution >= 0.6 is 0 Å². The fourth-order valence-corrected chi connectivity index (χ4v) is 22.2. The zero-order valence-corrected chi connectivity index (χ0v) is 21.9. The van der Waals surface area contributed by atoms with E-state index < -0.39 is 16.6 Å². The van der Waals surface area contributed by atoms with Crippen LogP contribution in [0.2, 0.25) is 35.3 Å². The van der Waals surface area contributed by atoms with E-state index in [1.54, 1.807) is 0 Å². The van der Waals surface area contributed by atoms with Gasteiger partial charge >= 0.3 is 0 Å². The van der Waals surface area contributed by atoms with Crippen molar-refractivity contribution < 1.29 is 4.12 Å². The first-order chi connectivity index (χ1) is 14.1. The summed E-state index contributed by atoms with van der Waals surface area (Å²) in [6.07, 6.45) is 30.0. The largest absolute Gasteiger partial charge is 0.454 e. The molecule has 0 atom stereocenters. The van der Waals surface area contributed by atoms with Gasteiger partial charge in [-0.25, -0.2) is 0 Å². The molecule has 4 aliphatic rings. The Morgan fingerprint density at radius 2 is 0.586 bits per heavy atom. The van der Waals surface area contributed by atoms with Gasteiger partial charge in [0, 0.05) is 0 Å². The molecule has 0 saturated heterocycles. The predicted octanol–water partition coefficient (Wildman–Crippen LogP) is 9.49. The molecule has 3 heteroatoms. The third-order valence-corrected chi connectivity index (χ3v) is 22.4. The molecule has 0 aliphatic heterocycles. The van der Waals surface area contributed by atoms with E-state index in [-0.39, 0.29) is 0 Å². The van der Waals surface area contributed by atoms with Gasteiger partial charge in [0.1, 0.15) is 0 Å². The van der Waals surface area contributed by atoms with Gasteiger partial charge in [-0.05, 0) is 35.3 Å². The summed E-state index contributed by atoms with van der Waals surface area (Å²) in [5, 5.41) is 0. The lowest BCUT2D eigenvalue weighted by Crippen LogP contribution is -2.58. The average molecular weight is 435 g/mol. The fourth-order valence-electron chi connectivity index (χ4n) is 8.18. The molecule has 1 nitrogen and oxygen atoms in total. The summed E-state index contributed by atoms with van der Waals surface area (Å²) in [5.74, 6) is 0. The molecule has 0 aromatic heterocycles. The van der Waals surface area contributed by atoms with E-state index in [9.17, 15) is 0 Å². The molecule has 4 rings (SSSR count). The van der Waals surface area contributed by atoms with E-state index in [1.807, 2.05) is 0 Å². The Bertz CT molecular complexity index is 403. The normalized spacial score (nSPS) is 27.9. The quantitative estimate of drug-likeness (QED) is 0.378. The zero-order valence-electron chi connectivity index (χ0n) is 19.9. The molecule has 0 unspecified atom stereocenters. The maximum absolute atomic E-state index is 8.06. The van der Waals surface area contributed by atoms with Crippen LogP contribution in [0.4, 0.5) is 0 Å². The molecular weight excluding hydrogens is 384 g/mol. The molecule has 0 radical (unpaired) electrons. The number of rotatable bonds is 6. The highest BCUT2D eigenvalue weighted by atomic mass is 28.4. The van der Waals surface area contributed by atoms with Crippen molar-refractivity contribution in [2.45, 2.75) is 164 Å². The zero-order chi connectivity index (χ0) is 20.2. The van der Waals surface area contributed by atoms with Crippen molar-refractivity contribution in [3.8, 4) is 0 Å². The molecule has 0 bridgehead atoms. The van der Waals surface area contributed by atoms with E-state index in [0.29, 0.717) is 0 Å². The molecule has 0 aromatic carbocycles. The highest BCUT2D eigenvalue weighted by Crippen LogP contribution is 2.55. The van der Waals surface area contributed by atoms with Crippen molar-refractivity contribution in [2.75, 3.05) is 0 Å². The van der Waals surface area contributed by atoms with Crippen molar-refractivity contribution in [2.24, 2.45) is 0 Å².